The van der Waals surface area contributed by atoms with Gasteiger partial charge < -0.3 is 33.7 Å². The summed E-state index contributed by atoms with van der Waals surface area (Å²) in [6.07, 6.45) is 5.36. The zero-order valence-corrected chi connectivity index (χ0v) is 41.0. The van der Waals surface area contributed by atoms with Crippen LogP contribution in [0.1, 0.15) is 56.9 Å². The van der Waals surface area contributed by atoms with Crippen LogP contribution >= 0.6 is 0 Å². The van der Waals surface area contributed by atoms with Crippen LogP contribution in [-0.4, -0.2) is 136 Å². The van der Waals surface area contributed by atoms with E-state index in [1.807, 2.05) is 65.3 Å². The third-order valence-corrected chi connectivity index (χ3v) is 17.8. The van der Waals surface area contributed by atoms with Gasteiger partial charge in [0.2, 0.25) is 23.6 Å². The number of likely N-dealkylation sites (N-methyl/N-ethyl adjacent to an activating group) is 1. The van der Waals surface area contributed by atoms with Gasteiger partial charge in [0.15, 0.2) is 8.32 Å². The Balaban J connectivity index is 1.15. The SMILES string of the molecule is CCOc1ccc(C=CC(=O)N(Cc2ccc(N3CCN(C(C)=O)CC3)cc2)C(Cc2ccccc2)C(=O)N2CCN(Cc3ccc(N(C)CCO[Si](C)(C)C(C)(C)C)cc3)CC2)cn1. The molecule has 0 bridgehead atoms. The Kier molecular flexibility index (Phi) is 17.0. The zero-order chi connectivity index (χ0) is 46.6. The van der Waals surface area contributed by atoms with Gasteiger partial charge in [0.05, 0.1) is 13.2 Å². The second-order valence-electron chi connectivity index (χ2n) is 18.8. The quantitative estimate of drug-likeness (QED) is 0.0739. The average molecular weight is 902 g/mol. The first-order valence-electron chi connectivity index (χ1n) is 23.3. The smallest absolute Gasteiger partial charge is 0.247 e. The van der Waals surface area contributed by atoms with Crippen molar-refractivity contribution >= 4 is 43.5 Å². The third-order valence-electron chi connectivity index (χ3n) is 13.2. The Bertz CT molecular complexity index is 2160. The summed E-state index contributed by atoms with van der Waals surface area (Å²) < 4.78 is 11.9. The van der Waals surface area contributed by atoms with Crippen molar-refractivity contribution in [3.05, 3.63) is 126 Å². The fourth-order valence-corrected chi connectivity index (χ4v) is 9.05. The molecule has 2 saturated heterocycles. The van der Waals surface area contributed by atoms with Crippen LogP contribution in [0.3, 0.4) is 0 Å². The molecular weight excluding hydrogens is 831 g/mol. The van der Waals surface area contributed by atoms with Crippen molar-refractivity contribution in [2.45, 2.75) is 78.3 Å². The molecule has 348 valence electrons. The molecule has 0 spiro atoms. The highest BCUT2D eigenvalue weighted by molar-refractivity contribution is 6.74. The molecule has 2 aliphatic heterocycles. The third kappa shape index (κ3) is 13.8. The van der Waals surface area contributed by atoms with Crippen LogP contribution in [0.25, 0.3) is 6.08 Å². The number of hydrogen-bond acceptors (Lipinski definition) is 9. The number of carbonyl (C=O) groups is 3. The monoisotopic (exact) mass is 902 g/mol. The lowest BCUT2D eigenvalue weighted by Gasteiger charge is -2.39. The molecule has 12 nitrogen and oxygen atoms in total. The molecule has 0 saturated carbocycles. The van der Waals surface area contributed by atoms with Crippen LogP contribution in [0.5, 0.6) is 5.88 Å². The van der Waals surface area contributed by atoms with Gasteiger partial charge in [-0.1, -0.05) is 75.4 Å². The Morgan fingerprint density at radius 2 is 1.45 bits per heavy atom. The molecule has 3 heterocycles. The largest absolute Gasteiger partial charge is 0.478 e. The molecule has 3 aromatic carbocycles. The predicted molar refractivity (Wildman–Crippen MR) is 265 cm³/mol. The molecule has 0 aliphatic carbocycles. The maximum Gasteiger partial charge on any atom is 0.247 e. The van der Waals surface area contributed by atoms with E-state index in [9.17, 15) is 14.4 Å². The zero-order valence-electron chi connectivity index (χ0n) is 40.0. The van der Waals surface area contributed by atoms with Crippen molar-refractivity contribution in [3.8, 4) is 5.88 Å². The number of hydrogen-bond donors (Lipinski definition) is 0. The molecule has 0 radical (unpaired) electrons. The van der Waals surface area contributed by atoms with Gasteiger partial charge in [-0.05, 0) is 83.7 Å². The minimum Gasteiger partial charge on any atom is -0.478 e. The number of piperazine rings is 2. The van der Waals surface area contributed by atoms with Gasteiger partial charge in [0.1, 0.15) is 6.04 Å². The maximum atomic E-state index is 14.9. The lowest BCUT2D eigenvalue weighted by molar-refractivity contribution is -0.145. The summed E-state index contributed by atoms with van der Waals surface area (Å²) in [7, 11) is 0.327. The van der Waals surface area contributed by atoms with E-state index in [2.05, 4.69) is 97.0 Å². The van der Waals surface area contributed by atoms with Crippen molar-refractivity contribution < 1.29 is 23.5 Å². The van der Waals surface area contributed by atoms with Gasteiger partial charge in [-0.15, -0.1) is 0 Å². The van der Waals surface area contributed by atoms with Gasteiger partial charge in [0.25, 0.3) is 0 Å². The Labute approximate surface area is 388 Å². The summed E-state index contributed by atoms with van der Waals surface area (Å²) in [5.41, 5.74) is 6.13. The summed E-state index contributed by atoms with van der Waals surface area (Å²) in [5, 5.41) is 0.189. The van der Waals surface area contributed by atoms with Crippen LogP contribution in [0.15, 0.2) is 103 Å². The number of anilines is 2. The number of rotatable bonds is 18. The normalized spacial score (nSPS) is 15.5. The van der Waals surface area contributed by atoms with Crippen LogP contribution in [0.2, 0.25) is 18.1 Å². The van der Waals surface area contributed by atoms with Crippen molar-refractivity contribution in [3.63, 3.8) is 0 Å². The van der Waals surface area contributed by atoms with Crippen LogP contribution in [0.4, 0.5) is 11.4 Å². The van der Waals surface area contributed by atoms with E-state index < -0.39 is 14.4 Å². The topological polar surface area (TPSA) is 102 Å². The second-order valence-corrected chi connectivity index (χ2v) is 23.6. The van der Waals surface area contributed by atoms with E-state index in [4.69, 9.17) is 9.16 Å². The minimum atomic E-state index is -1.79. The number of nitrogens with zero attached hydrogens (tertiary/aromatic N) is 7. The van der Waals surface area contributed by atoms with E-state index in [1.165, 1.54) is 5.56 Å². The maximum absolute atomic E-state index is 14.9. The highest BCUT2D eigenvalue weighted by Crippen LogP contribution is 2.36. The molecule has 1 unspecified atom stereocenters. The van der Waals surface area contributed by atoms with Crippen LogP contribution < -0.4 is 14.5 Å². The van der Waals surface area contributed by atoms with Crippen molar-refractivity contribution in [1.29, 1.82) is 0 Å². The number of carbonyl (C=O) groups excluding carboxylic acids is 3. The fraction of sp³-hybridized carbons (Fsp3) is 0.462. The highest BCUT2D eigenvalue weighted by Gasteiger charge is 2.37. The van der Waals surface area contributed by atoms with Crippen LogP contribution in [-0.2, 0) is 38.3 Å². The summed E-state index contributed by atoms with van der Waals surface area (Å²) in [5.74, 6) is 0.315. The molecule has 1 aromatic heterocycles. The number of pyridine rings is 1. The second kappa shape index (κ2) is 22.6. The predicted octanol–water partition coefficient (Wildman–Crippen LogP) is 7.60. The first-order valence-corrected chi connectivity index (χ1v) is 26.2. The molecule has 13 heteroatoms. The molecule has 0 N–H and O–H groups in total. The molecule has 6 rings (SSSR count). The van der Waals surface area contributed by atoms with Gasteiger partial charge in [-0.2, -0.15) is 0 Å². The van der Waals surface area contributed by atoms with Gasteiger partial charge in [-0.3, -0.25) is 19.3 Å². The van der Waals surface area contributed by atoms with Gasteiger partial charge in [-0.25, -0.2) is 4.98 Å². The van der Waals surface area contributed by atoms with E-state index in [0.29, 0.717) is 51.7 Å². The molecule has 65 heavy (non-hydrogen) atoms. The summed E-state index contributed by atoms with van der Waals surface area (Å²) >= 11 is 0. The molecule has 1 atom stereocenters. The van der Waals surface area contributed by atoms with Crippen molar-refractivity contribution in [1.82, 2.24) is 24.6 Å². The first kappa shape index (κ1) is 48.9. The molecule has 2 aliphatic rings. The van der Waals surface area contributed by atoms with E-state index in [1.54, 1.807) is 36.2 Å². The first-order chi connectivity index (χ1) is 31.1. The summed E-state index contributed by atoms with van der Waals surface area (Å²) in [4.78, 5) is 58.2. The van der Waals surface area contributed by atoms with Crippen LogP contribution in [0, 0.1) is 0 Å². The molecular formula is C52H71N7O5Si. The minimum absolute atomic E-state index is 0.0529. The van der Waals surface area contributed by atoms with Gasteiger partial charge in [0, 0.05) is 122 Å². The number of aromatic nitrogens is 1. The summed E-state index contributed by atoms with van der Waals surface area (Å²) in [6, 6.07) is 29.9. The lowest BCUT2D eigenvalue weighted by atomic mass is 10.0. The standard InChI is InChI=1S/C52H71N7O5Si/c1-9-63-49-25-19-43(38-53-49)20-26-50(61)59(40-45-17-23-47(24-18-45)57-33-31-56(32-34-57)41(2)60)48(37-42-13-11-10-12-14-42)51(62)58-29-27-55(28-30-58)39-44-15-21-46(22-16-44)54(6)35-36-64-65(7,8)52(3,4)5/h10-26,38,48H,9,27-37,39-40H2,1-8H3. The lowest BCUT2D eigenvalue weighted by Crippen LogP contribution is -2.56. The van der Waals surface area contributed by atoms with Crippen molar-refractivity contribution in [2.75, 3.05) is 89.0 Å². The number of ether oxygens (including phenoxy) is 1. The fourth-order valence-electron chi connectivity index (χ4n) is 8.02. The Morgan fingerprint density at radius 1 is 0.800 bits per heavy atom. The van der Waals surface area contributed by atoms with E-state index >= 15 is 0 Å². The summed E-state index contributed by atoms with van der Waals surface area (Å²) in [6.45, 7) is 23.5. The highest BCUT2D eigenvalue weighted by atomic mass is 28.4. The van der Waals surface area contributed by atoms with E-state index in [0.717, 1.165) is 67.3 Å². The Morgan fingerprint density at radius 3 is 2.05 bits per heavy atom. The average Bonchev–Trinajstić information content (AvgIpc) is 3.30. The molecule has 4 aromatic rings. The van der Waals surface area contributed by atoms with E-state index in [-0.39, 0.29) is 29.3 Å². The number of benzene rings is 3. The number of amides is 3. The van der Waals surface area contributed by atoms with Crippen molar-refractivity contribution in [2.24, 2.45) is 0 Å². The Hall–Kier alpha value is -5.50. The van der Waals surface area contributed by atoms with Gasteiger partial charge >= 0.3 is 0 Å². The molecule has 2 fully saturated rings. The molecule has 3 amide bonds.